The van der Waals surface area contributed by atoms with Crippen LogP contribution >= 0.6 is 0 Å². The first-order chi connectivity index (χ1) is 11.8. The summed E-state index contributed by atoms with van der Waals surface area (Å²) in [5, 5.41) is 4.00. The van der Waals surface area contributed by atoms with Gasteiger partial charge in [0.2, 0.25) is 0 Å². The van der Waals surface area contributed by atoms with Crippen LogP contribution < -0.4 is 5.32 Å². The number of hydrogen-bond acceptors (Lipinski definition) is 3. The van der Waals surface area contributed by atoms with E-state index >= 15 is 0 Å². The first-order valence-electron chi connectivity index (χ1n) is 7.62. The third-order valence-corrected chi connectivity index (χ3v) is 3.91. The van der Waals surface area contributed by atoms with Crippen molar-refractivity contribution in [3.05, 3.63) is 78.5 Å². The van der Waals surface area contributed by atoms with Crippen LogP contribution in [0.2, 0.25) is 0 Å². The molecule has 0 unspecified atom stereocenters. The molecule has 1 amide bonds. The zero-order chi connectivity index (χ0) is 16.4. The predicted octanol–water partition coefficient (Wildman–Crippen LogP) is 3.75. The lowest BCUT2D eigenvalue weighted by Crippen LogP contribution is -2.22. The molecule has 0 saturated heterocycles. The van der Waals surface area contributed by atoms with Crippen LogP contribution in [0.5, 0.6) is 0 Å². The third kappa shape index (κ3) is 2.79. The molecule has 0 aliphatic rings. The number of carbonyl (C=O) groups is 1. The lowest BCUT2D eigenvalue weighted by molar-refractivity contribution is 0.0951. The summed E-state index contributed by atoms with van der Waals surface area (Å²) in [5.74, 6) is -0.106. The van der Waals surface area contributed by atoms with Crippen molar-refractivity contribution < 1.29 is 9.21 Å². The molecular formula is C19H15N3O2. The molecular weight excluding hydrogens is 302 g/mol. The van der Waals surface area contributed by atoms with Crippen molar-refractivity contribution in [1.29, 1.82) is 0 Å². The van der Waals surface area contributed by atoms with E-state index in [-0.39, 0.29) is 5.91 Å². The lowest BCUT2D eigenvalue weighted by atomic mass is 10.1. The number of fused-ring (bicyclic) bond motifs is 1. The molecule has 0 aliphatic carbocycles. The minimum atomic E-state index is -0.106. The van der Waals surface area contributed by atoms with Crippen LogP contribution in [0.15, 0.2) is 71.8 Å². The van der Waals surface area contributed by atoms with E-state index in [2.05, 4.69) is 15.3 Å². The molecule has 2 N–H and O–H groups in total. The number of aromatic amines is 1. The summed E-state index contributed by atoms with van der Waals surface area (Å²) in [4.78, 5) is 19.8. The molecule has 5 nitrogen and oxygen atoms in total. The summed E-state index contributed by atoms with van der Waals surface area (Å²) in [6.07, 6.45) is 6.89. The lowest BCUT2D eigenvalue weighted by Gasteiger charge is -2.06. The molecule has 118 valence electrons. The van der Waals surface area contributed by atoms with Crippen molar-refractivity contribution >= 4 is 16.8 Å². The average molecular weight is 317 g/mol. The van der Waals surface area contributed by atoms with Gasteiger partial charge in [0.15, 0.2) is 0 Å². The second-order valence-corrected chi connectivity index (χ2v) is 5.53. The molecule has 5 heteroatoms. The Morgan fingerprint density at radius 1 is 1.17 bits per heavy atom. The van der Waals surface area contributed by atoms with Crippen LogP contribution in [-0.4, -0.2) is 15.9 Å². The van der Waals surface area contributed by atoms with E-state index in [1.807, 2.05) is 48.7 Å². The number of nitrogens with zero attached hydrogens (tertiary/aromatic N) is 1. The van der Waals surface area contributed by atoms with Gasteiger partial charge >= 0.3 is 0 Å². The molecule has 0 bridgehead atoms. The SMILES string of the molecule is O=C(NCc1ccc(-c2ccoc2)nc1)c1ccc2cc[nH]c2c1. The minimum Gasteiger partial charge on any atom is -0.472 e. The molecule has 24 heavy (non-hydrogen) atoms. The van der Waals surface area contributed by atoms with Crippen molar-refractivity contribution in [3.63, 3.8) is 0 Å². The van der Waals surface area contributed by atoms with Crippen LogP contribution in [0.1, 0.15) is 15.9 Å². The number of nitrogens with one attached hydrogen (secondary N) is 2. The Kier molecular flexibility index (Phi) is 3.59. The Morgan fingerprint density at radius 3 is 2.92 bits per heavy atom. The standard InChI is InChI=1S/C19H15N3O2/c23-19(15-3-2-14-5-7-20-18(14)9-15)22-11-13-1-4-17(21-10-13)16-6-8-24-12-16/h1-10,12,20H,11H2,(H,22,23). The van der Waals surface area contributed by atoms with Gasteiger partial charge in [-0.1, -0.05) is 12.1 Å². The van der Waals surface area contributed by atoms with Crippen molar-refractivity contribution in [2.75, 3.05) is 0 Å². The Hall–Kier alpha value is -3.34. The Balaban J connectivity index is 1.43. The summed E-state index contributed by atoms with van der Waals surface area (Å²) < 4.78 is 5.05. The number of aromatic nitrogens is 2. The first-order valence-corrected chi connectivity index (χ1v) is 7.62. The summed E-state index contributed by atoms with van der Waals surface area (Å²) in [5.41, 5.74) is 4.30. The molecule has 3 aromatic heterocycles. The number of carbonyl (C=O) groups excluding carboxylic acids is 1. The molecule has 0 spiro atoms. The minimum absolute atomic E-state index is 0.106. The fourth-order valence-corrected chi connectivity index (χ4v) is 2.58. The summed E-state index contributed by atoms with van der Waals surface area (Å²) in [7, 11) is 0. The maximum atomic E-state index is 12.3. The van der Waals surface area contributed by atoms with E-state index in [9.17, 15) is 4.79 Å². The van der Waals surface area contributed by atoms with Crippen molar-refractivity contribution in [3.8, 4) is 11.3 Å². The van der Waals surface area contributed by atoms with Crippen LogP contribution in [0, 0.1) is 0 Å². The Bertz CT molecular complexity index is 969. The maximum Gasteiger partial charge on any atom is 0.251 e. The fourth-order valence-electron chi connectivity index (χ4n) is 2.58. The third-order valence-electron chi connectivity index (χ3n) is 3.91. The number of benzene rings is 1. The highest BCUT2D eigenvalue weighted by Crippen LogP contribution is 2.17. The monoisotopic (exact) mass is 317 g/mol. The maximum absolute atomic E-state index is 12.3. The van der Waals surface area contributed by atoms with Gasteiger partial charge in [-0.25, -0.2) is 0 Å². The highest BCUT2D eigenvalue weighted by Gasteiger charge is 2.07. The van der Waals surface area contributed by atoms with Crippen molar-refractivity contribution in [2.24, 2.45) is 0 Å². The van der Waals surface area contributed by atoms with E-state index in [1.54, 1.807) is 18.7 Å². The summed E-state index contributed by atoms with van der Waals surface area (Å²) in [6, 6.07) is 13.3. The van der Waals surface area contributed by atoms with Gasteiger partial charge < -0.3 is 14.7 Å². The second kappa shape index (κ2) is 6.04. The highest BCUT2D eigenvalue weighted by molar-refractivity contribution is 5.97. The predicted molar refractivity (Wildman–Crippen MR) is 91.4 cm³/mol. The normalized spacial score (nSPS) is 10.8. The van der Waals surface area contributed by atoms with Crippen LogP contribution in [-0.2, 0) is 6.54 Å². The second-order valence-electron chi connectivity index (χ2n) is 5.53. The number of H-pyrrole nitrogens is 1. The molecule has 1 aromatic carbocycles. The number of rotatable bonds is 4. The van der Waals surface area contributed by atoms with Gasteiger partial charge in [-0.3, -0.25) is 9.78 Å². The van der Waals surface area contributed by atoms with Crippen LogP contribution in [0.4, 0.5) is 0 Å². The van der Waals surface area contributed by atoms with Crippen molar-refractivity contribution in [1.82, 2.24) is 15.3 Å². The number of furan rings is 1. The summed E-state index contributed by atoms with van der Waals surface area (Å²) in [6.45, 7) is 0.431. The molecule has 0 saturated carbocycles. The van der Waals surface area contributed by atoms with E-state index in [1.165, 1.54) is 0 Å². The van der Waals surface area contributed by atoms with E-state index in [4.69, 9.17) is 4.42 Å². The Labute approximate surface area is 138 Å². The fraction of sp³-hybridized carbons (Fsp3) is 0.0526. The zero-order valence-corrected chi connectivity index (χ0v) is 12.8. The highest BCUT2D eigenvalue weighted by atomic mass is 16.3. The van der Waals surface area contributed by atoms with Crippen molar-refractivity contribution in [2.45, 2.75) is 6.54 Å². The van der Waals surface area contributed by atoms with Gasteiger partial charge in [-0.15, -0.1) is 0 Å². The van der Waals surface area contributed by atoms with Gasteiger partial charge in [0.25, 0.3) is 5.91 Å². The smallest absolute Gasteiger partial charge is 0.251 e. The number of pyridine rings is 1. The number of amides is 1. The van der Waals surface area contributed by atoms with Gasteiger partial charge in [0.1, 0.15) is 0 Å². The first kappa shape index (κ1) is 14.3. The average Bonchev–Trinajstić information content (AvgIpc) is 3.30. The molecule has 4 aromatic rings. The molecule has 0 radical (unpaired) electrons. The van der Waals surface area contributed by atoms with Crippen LogP contribution in [0.25, 0.3) is 22.2 Å². The van der Waals surface area contributed by atoms with Crippen LogP contribution in [0.3, 0.4) is 0 Å². The molecule has 0 aliphatic heterocycles. The van der Waals surface area contributed by atoms with Gasteiger partial charge in [-0.05, 0) is 41.3 Å². The largest absolute Gasteiger partial charge is 0.472 e. The quantitative estimate of drug-likeness (QED) is 0.602. The Morgan fingerprint density at radius 2 is 2.12 bits per heavy atom. The number of hydrogen-bond donors (Lipinski definition) is 2. The molecule has 0 fully saturated rings. The molecule has 0 atom stereocenters. The van der Waals surface area contributed by atoms with E-state index in [0.717, 1.165) is 27.7 Å². The van der Waals surface area contributed by atoms with Gasteiger partial charge in [-0.2, -0.15) is 0 Å². The van der Waals surface area contributed by atoms with Gasteiger partial charge in [0, 0.05) is 35.6 Å². The summed E-state index contributed by atoms with van der Waals surface area (Å²) >= 11 is 0. The molecule has 4 rings (SSSR count). The van der Waals surface area contributed by atoms with E-state index in [0.29, 0.717) is 12.1 Å². The van der Waals surface area contributed by atoms with Gasteiger partial charge in [0.05, 0.1) is 18.2 Å². The zero-order valence-electron chi connectivity index (χ0n) is 12.8. The molecule has 3 heterocycles. The topological polar surface area (TPSA) is 70.9 Å². The van der Waals surface area contributed by atoms with E-state index < -0.39 is 0 Å².